The Labute approximate surface area is 233 Å². The first kappa shape index (κ1) is 31.2. The maximum Gasteiger partial charge on any atom is 0.328 e. The molecule has 2 aliphatic rings. The van der Waals surface area contributed by atoms with Gasteiger partial charge >= 0.3 is 13.6 Å². The molecule has 1 saturated carbocycles. The summed E-state index contributed by atoms with van der Waals surface area (Å²) < 4.78 is 11.7. The van der Waals surface area contributed by atoms with Gasteiger partial charge in [0.1, 0.15) is 17.6 Å². The Bertz CT molecular complexity index is 1200. The van der Waals surface area contributed by atoms with Crippen LogP contribution in [-0.2, 0) is 14.2 Å². The molecule has 1 aromatic heterocycles. The molecular weight excluding hydrogens is 539 g/mol. The molecule has 1 saturated heterocycles. The van der Waals surface area contributed by atoms with Crippen LogP contribution in [0.3, 0.4) is 0 Å². The lowest BCUT2D eigenvalue weighted by Crippen LogP contribution is -2.55. The van der Waals surface area contributed by atoms with Gasteiger partial charge in [-0.2, -0.15) is 0 Å². The summed E-state index contributed by atoms with van der Waals surface area (Å²) in [5.74, 6) is -1.10. The number of carbonyl (C=O) groups is 3. The van der Waals surface area contributed by atoms with Crippen molar-refractivity contribution in [1.29, 1.82) is 0 Å². The molecule has 1 atom stereocenters. The van der Waals surface area contributed by atoms with Crippen LogP contribution in [0.5, 0.6) is 0 Å². The largest absolute Gasteiger partial charge is 0.481 e. The monoisotopic (exact) mass is 576 g/mol. The van der Waals surface area contributed by atoms with E-state index in [1.54, 1.807) is 0 Å². The van der Waals surface area contributed by atoms with Crippen LogP contribution in [0.4, 0.5) is 5.82 Å². The minimum Gasteiger partial charge on any atom is -0.481 e. The van der Waals surface area contributed by atoms with E-state index in [1.807, 2.05) is 37.3 Å². The normalized spacial score (nSPS) is 15.8. The highest BCUT2D eigenvalue weighted by molar-refractivity contribution is 7.51. The molecule has 2 amide bonds. The first-order chi connectivity index (χ1) is 19.1. The van der Waals surface area contributed by atoms with Crippen LogP contribution in [0.15, 0.2) is 36.4 Å². The third-order valence-electron chi connectivity index (χ3n) is 6.12. The van der Waals surface area contributed by atoms with Crippen molar-refractivity contribution in [1.82, 2.24) is 25.5 Å². The summed E-state index contributed by atoms with van der Waals surface area (Å²) in [5.41, 5.74) is 0.727. The number of carboxylic acid groups (broad SMARTS) is 1. The number of nitrogens with zero attached hydrogens (tertiary/aromatic N) is 3. The van der Waals surface area contributed by atoms with E-state index < -0.39 is 37.6 Å². The van der Waals surface area contributed by atoms with Crippen molar-refractivity contribution < 1.29 is 33.8 Å². The van der Waals surface area contributed by atoms with Crippen LogP contribution in [-0.4, -0.2) is 92.0 Å². The summed E-state index contributed by atoms with van der Waals surface area (Å²) in [4.78, 5) is 65.2. The lowest BCUT2D eigenvalue weighted by molar-refractivity contribution is -0.137. The van der Waals surface area contributed by atoms with Gasteiger partial charge in [-0.05, 0) is 19.3 Å². The first-order valence-corrected chi connectivity index (χ1v) is 15.1. The minimum atomic E-state index is -4.58. The maximum atomic E-state index is 13.1. The van der Waals surface area contributed by atoms with Crippen molar-refractivity contribution in [2.45, 2.75) is 51.1 Å². The molecule has 2 aromatic rings. The van der Waals surface area contributed by atoms with Crippen LogP contribution in [0, 0.1) is 0 Å². The highest BCUT2D eigenvalue weighted by atomic mass is 31.2. The lowest BCUT2D eigenvalue weighted by Gasteiger charge is -2.31. The topological polar surface area (TPSA) is 194 Å². The van der Waals surface area contributed by atoms with Gasteiger partial charge in [0, 0.05) is 50.3 Å². The van der Waals surface area contributed by atoms with Gasteiger partial charge in [0.2, 0.25) is 5.91 Å². The smallest absolute Gasteiger partial charge is 0.328 e. The lowest BCUT2D eigenvalue weighted by atomic mass is 10.2. The standard InChI is InChI=1S/C21H27N6O5P.C5H10O2/c28-20(25-17(13-33(30,31)32)21(29)27-10-8-22-9-11-27)16-12-18(23-15-6-7-15)26-19(24-16)14-4-2-1-3-5-14;1-2-3-4-5(6)7/h1-5,12,15,17,22H,6-11,13H2,(H,25,28)(H,23,24,26)(H2,30,31,32);2-4H2,1H3,(H,6,7). The molecule has 0 spiro atoms. The quantitative estimate of drug-likeness (QED) is 0.213. The Hall–Kier alpha value is -3.38. The van der Waals surface area contributed by atoms with Crippen molar-refractivity contribution in [3.63, 3.8) is 0 Å². The third kappa shape index (κ3) is 10.6. The summed E-state index contributed by atoms with van der Waals surface area (Å²) in [5, 5.41) is 16.9. The summed E-state index contributed by atoms with van der Waals surface area (Å²) in [6.07, 6.45) is 3.31. The second-order valence-electron chi connectivity index (χ2n) is 9.69. The van der Waals surface area contributed by atoms with E-state index in [4.69, 9.17) is 5.11 Å². The second-order valence-corrected chi connectivity index (χ2v) is 11.4. The molecule has 14 heteroatoms. The van der Waals surface area contributed by atoms with Crippen molar-refractivity contribution in [2.24, 2.45) is 0 Å². The zero-order chi connectivity index (χ0) is 29.1. The fourth-order valence-electron chi connectivity index (χ4n) is 3.88. The first-order valence-electron chi connectivity index (χ1n) is 13.3. The van der Waals surface area contributed by atoms with Gasteiger partial charge in [0.25, 0.3) is 5.91 Å². The molecule has 1 aliphatic heterocycles. The van der Waals surface area contributed by atoms with Crippen molar-refractivity contribution in [2.75, 3.05) is 37.7 Å². The second kappa shape index (κ2) is 14.8. The maximum absolute atomic E-state index is 13.1. The minimum absolute atomic E-state index is 0.0100. The number of aliphatic carboxylic acids is 1. The number of amides is 2. The molecule has 1 aliphatic carbocycles. The Morgan fingerprint density at radius 2 is 1.80 bits per heavy atom. The average Bonchev–Trinajstić information content (AvgIpc) is 3.75. The average molecular weight is 577 g/mol. The fourth-order valence-corrected chi connectivity index (χ4v) is 4.60. The van der Waals surface area contributed by atoms with Gasteiger partial charge in [0.05, 0.1) is 6.16 Å². The summed E-state index contributed by atoms with van der Waals surface area (Å²) in [6, 6.07) is 9.58. The number of rotatable bonds is 11. The molecule has 1 unspecified atom stereocenters. The van der Waals surface area contributed by atoms with Crippen LogP contribution in [0.1, 0.15) is 49.5 Å². The number of benzene rings is 1. The van der Waals surface area contributed by atoms with Crippen LogP contribution >= 0.6 is 7.60 Å². The molecule has 2 heterocycles. The molecule has 4 rings (SSSR count). The molecule has 218 valence electrons. The third-order valence-corrected chi connectivity index (χ3v) is 6.96. The van der Waals surface area contributed by atoms with E-state index in [9.17, 15) is 28.7 Å². The number of hydrogen-bond acceptors (Lipinski definition) is 8. The molecule has 6 N–H and O–H groups in total. The number of aromatic nitrogens is 2. The summed E-state index contributed by atoms with van der Waals surface area (Å²) in [6.45, 7) is 3.92. The van der Waals surface area contributed by atoms with Gasteiger partial charge in [-0.25, -0.2) is 9.97 Å². The number of nitrogens with one attached hydrogen (secondary N) is 3. The Morgan fingerprint density at radius 3 is 2.35 bits per heavy atom. The molecule has 0 radical (unpaired) electrons. The van der Waals surface area contributed by atoms with Gasteiger partial charge in [-0.3, -0.25) is 18.9 Å². The van der Waals surface area contributed by atoms with Gasteiger partial charge in [0.15, 0.2) is 5.82 Å². The van der Waals surface area contributed by atoms with Gasteiger partial charge < -0.3 is 35.7 Å². The van der Waals surface area contributed by atoms with Crippen molar-refractivity contribution >= 4 is 31.2 Å². The van der Waals surface area contributed by atoms with E-state index in [1.165, 1.54) is 11.0 Å². The highest BCUT2D eigenvalue weighted by Crippen LogP contribution is 2.35. The predicted octanol–water partition coefficient (Wildman–Crippen LogP) is 1.69. The zero-order valence-corrected chi connectivity index (χ0v) is 23.3. The SMILES string of the molecule is CCCCC(=O)O.O=C(NC(CP(=O)(O)O)C(=O)N1CCNCC1)c1cc(NC2CC2)nc(-c2ccccc2)n1. The highest BCUT2D eigenvalue weighted by Gasteiger charge is 2.33. The number of carboxylic acids is 1. The van der Waals surface area contributed by atoms with E-state index in [2.05, 4.69) is 25.9 Å². The molecule has 1 aromatic carbocycles. The number of piperazine rings is 1. The van der Waals surface area contributed by atoms with Crippen LogP contribution in [0.25, 0.3) is 11.4 Å². The number of unbranched alkanes of at least 4 members (excludes halogenated alkanes) is 1. The molecule has 0 bridgehead atoms. The molecule has 13 nitrogen and oxygen atoms in total. The molecule has 2 fully saturated rings. The van der Waals surface area contributed by atoms with Gasteiger partial charge in [-0.15, -0.1) is 0 Å². The molecular formula is C26H37N6O7P. The van der Waals surface area contributed by atoms with Crippen molar-refractivity contribution in [3.05, 3.63) is 42.1 Å². The van der Waals surface area contributed by atoms with Crippen LogP contribution in [0.2, 0.25) is 0 Å². The molecule has 40 heavy (non-hydrogen) atoms. The Kier molecular flexibility index (Phi) is 11.6. The van der Waals surface area contributed by atoms with E-state index in [0.717, 1.165) is 31.2 Å². The number of hydrogen-bond donors (Lipinski definition) is 6. The fraction of sp³-hybridized carbons (Fsp3) is 0.500. The van der Waals surface area contributed by atoms with E-state index in [-0.39, 0.29) is 11.7 Å². The summed E-state index contributed by atoms with van der Waals surface area (Å²) >= 11 is 0. The Balaban J connectivity index is 0.000000559. The van der Waals surface area contributed by atoms with E-state index in [0.29, 0.717) is 44.2 Å². The predicted molar refractivity (Wildman–Crippen MR) is 149 cm³/mol. The Morgan fingerprint density at radius 1 is 1.12 bits per heavy atom. The van der Waals surface area contributed by atoms with Gasteiger partial charge in [-0.1, -0.05) is 43.7 Å². The number of anilines is 1. The van der Waals surface area contributed by atoms with E-state index >= 15 is 0 Å². The van der Waals surface area contributed by atoms with Crippen molar-refractivity contribution in [3.8, 4) is 11.4 Å². The zero-order valence-electron chi connectivity index (χ0n) is 22.5. The number of carbonyl (C=O) groups excluding carboxylic acids is 2. The van der Waals surface area contributed by atoms with Crippen LogP contribution < -0.4 is 16.0 Å². The summed E-state index contributed by atoms with van der Waals surface area (Å²) in [7, 11) is -4.58.